The van der Waals surface area contributed by atoms with E-state index in [1.165, 1.54) is 25.3 Å². The average Bonchev–Trinajstić information content (AvgIpc) is 3.19. The summed E-state index contributed by atoms with van der Waals surface area (Å²) in [7, 11) is 1.45. The van der Waals surface area contributed by atoms with E-state index in [9.17, 15) is 19.1 Å². The molecule has 4 rings (SSSR count). The minimum Gasteiger partial charge on any atom is -0.496 e. The summed E-state index contributed by atoms with van der Waals surface area (Å²) in [6, 6.07) is 18.4. The van der Waals surface area contributed by atoms with E-state index in [0.29, 0.717) is 28.1 Å². The number of carbonyl (C=O) groups is 2. The molecule has 0 aromatic heterocycles. The van der Waals surface area contributed by atoms with Crippen LogP contribution in [0.3, 0.4) is 0 Å². The van der Waals surface area contributed by atoms with Gasteiger partial charge in [0.1, 0.15) is 23.8 Å². The topological polar surface area (TPSA) is 84.9 Å². The normalized spacial score (nSPS) is 15.1. The highest BCUT2D eigenvalue weighted by Crippen LogP contribution is 2.33. The van der Waals surface area contributed by atoms with Crippen LogP contribution in [0.15, 0.2) is 66.7 Å². The summed E-state index contributed by atoms with van der Waals surface area (Å²) >= 11 is 0. The summed E-state index contributed by atoms with van der Waals surface area (Å²) in [5, 5.41) is 14.5. The zero-order valence-electron chi connectivity index (χ0n) is 19.0. The van der Waals surface area contributed by atoms with Gasteiger partial charge in [-0.15, -0.1) is 0 Å². The number of carbonyl (C=O) groups excluding carboxylic acids is 2. The van der Waals surface area contributed by atoms with Gasteiger partial charge in [0, 0.05) is 23.2 Å². The van der Waals surface area contributed by atoms with Gasteiger partial charge < -0.3 is 19.9 Å². The van der Waals surface area contributed by atoms with Crippen molar-refractivity contribution < 1.29 is 28.6 Å². The first-order valence-corrected chi connectivity index (χ1v) is 11.0. The van der Waals surface area contributed by atoms with Crippen LogP contribution in [0.4, 0.5) is 10.1 Å². The fraction of sp³-hybridized carbons (Fsp3) is 0.259. The predicted octanol–water partition coefficient (Wildman–Crippen LogP) is 4.61. The number of fused-ring (bicyclic) bond motifs is 1. The molecule has 0 spiro atoms. The lowest BCUT2D eigenvalue weighted by atomic mass is 9.82. The monoisotopic (exact) mass is 463 g/mol. The summed E-state index contributed by atoms with van der Waals surface area (Å²) in [6.07, 6.45) is -0.0570. The van der Waals surface area contributed by atoms with Crippen LogP contribution < -0.4 is 10.1 Å². The van der Waals surface area contributed by atoms with Crippen molar-refractivity contribution >= 4 is 17.6 Å². The second-order valence-corrected chi connectivity index (χ2v) is 8.58. The van der Waals surface area contributed by atoms with E-state index in [1.807, 2.05) is 37.3 Å². The van der Waals surface area contributed by atoms with Gasteiger partial charge >= 0.3 is 5.97 Å². The van der Waals surface area contributed by atoms with Crippen molar-refractivity contribution in [2.45, 2.75) is 37.9 Å². The average molecular weight is 464 g/mol. The van der Waals surface area contributed by atoms with Crippen LogP contribution in [0.2, 0.25) is 0 Å². The molecule has 0 radical (unpaired) electrons. The van der Waals surface area contributed by atoms with Crippen LogP contribution >= 0.6 is 0 Å². The fourth-order valence-electron chi connectivity index (χ4n) is 4.31. The third kappa shape index (κ3) is 4.94. The lowest BCUT2D eigenvalue weighted by Crippen LogP contribution is -2.46. The highest BCUT2D eigenvalue weighted by molar-refractivity contribution is 5.99. The van der Waals surface area contributed by atoms with Gasteiger partial charge in [-0.1, -0.05) is 37.3 Å². The van der Waals surface area contributed by atoms with Crippen LogP contribution in [0.5, 0.6) is 5.75 Å². The molecule has 1 amide bonds. The van der Waals surface area contributed by atoms with Crippen LogP contribution in [0, 0.1) is 5.82 Å². The standard InChI is InChI=1S/C27H26FNO5/c1-17(18-6-4-3-5-7-18)14-27(32,15-19-12-21(28)8-11-24(19)33-2)26(31)29-22-9-10-23-20(13-22)16-34-25(23)30/h3-13,17,32H,14-16H2,1-2H3,(H,29,31). The molecular formula is C27H26FNO5. The van der Waals surface area contributed by atoms with Crippen molar-refractivity contribution in [3.8, 4) is 5.75 Å². The summed E-state index contributed by atoms with van der Waals surface area (Å²) in [5.74, 6) is -1.31. The van der Waals surface area contributed by atoms with E-state index < -0.39 is 23.3 Å². The molecule has 2 atom stereocenters. The lowest BCUT2D eigenvalue weighted by molar-refractivity contribution is -0.135. The SMILES string of the molecule is COc1ccc(F)cc1CC(O)(CC(C)c1ccccc1)C(=O)Nc1ccc2c(c1)COC2=O. The third-order valence-electron chi connectivity index (χ3n) is 6.10. The number of halogens is 1. The quantitative estimate of drug-likeness (QED) is 0.477. The molecule has 3 aromatic carbocycles. The number of amides is 1. The van der Waals surface area contributed by atoms with Gasteiger partial charge in [0.2, 0.25) is 0 Å². The number of benzene rings is 3. The Kier molecular flexibility index (Phi) is 6.65. The first-order valence-electron chi connectivity index (χ1n) is 11.0. The summed E-state index contributed by atoms with van der Waals surface area (Å²) in [6.45, 7) is 2.06. The Balaban J connectivity index is 1.64. The molecule has 1 aliphatic rings. The van der Waals surface area contributed by atoms with Crippen molar-refractivity contribution in [2.24, 2.45) is 0 Å². The molecule has 0 bridgehead atoms. The van der Waals surface area contributed by atoms with E-state index >= 15 is 0 Å². The van der Waals surface area contributed by atoms with Gasteiger partial charge in [-0.05, 0) is 54.3 Å². The van der Waals surface area contributed by atoms with Crippen LogP contribution in [-0.4, -0.2) is 29.7 Å². The molecule has 2 N–H and O–H groups in total. The van der Waals surface area contributed by atoms with Crippen LogP contribution in [0.1, 0.15) is 46.3 Å². The highest BCUT2D eigenvalue weighted by Gasteiger charge is 2.39. The molecule has 34 heavy (non-hydrogen) atoms. The Morgan fingerprint density at radius 2 is 1.94 bits per heavy atom. The molecule has 0 aliphatic carbocycles. The Morgan fingerprint density at radius 3 is 2.68 bits per heavy atom. The number of anilines is 1. The first-order chi connectivity index (χ1) is 16.3. The number of cyclic esters (lactones) is 1. The van der Waals surface area contributed by atoms with E-state index in [1.54, 1.807) is 18.2 Å². The van der Waals surface area contributed by atoms with Gasteiger partial charge in [0.25, 0.3) is 5.91 Å². The van der Waals surface area contributed by atoms with E-state index in [2.05, 4.69) is 5.32 Å². The number of methoxy groups -OCH3 is 1. The molecule has 7 heteroatoms. The van der Waals surface area contributed by atoms with E-state index in [0.717, 1.165) is 5.56 Å². The van der Waals surface area contributed by atoms with Crippen molar-refractivity contribution in [1.29, 1.82) is 0 Å². The van der Waals surface area contributed by atoms with Crippen molar-refractivity contribution in [3.05, 3.63) is 94.8 Å². The van der Waals surface area contributed by atoms with Crippen LogP contribution in [0.25, 0.3) is 0 Å². The zero-order chi connectivity index (χ0) is 24.3. The molecule has 1 heterocycles. The fourth-order valence-corrected chi connectivity index (χ4v) is 4.31. The molecule has 176 valence electrons. The number of hydrogen-bond donors (Lipinski definition) is 2. The van der Waals surface area contributed by atoms with E-state index in [4.69, 9.17) is 9.47 Å². The second-order valence-electron chi connectivity index (χ2n) is 8.58. The number of esters is 1. The maximum absolute atomic E-state index is 14.0. The van der Waals surface area contributed by atoms with Crippen molar-refractivity contribution in [3.63, 3.8) is 0 Å². The summed E-state index contributed by atoms with van der Waals surface area (Å²) in [5.41, 5.74) is 1.02. The Hall–Kier alpha value is -3.71. The van der Waals surface area contributed by atoms with E-state index in [-0.39, 0.29) is 25.4 Å². The van der Waals surface area contributed by atoms with Gasteiger partial charge in [-0.25, -0.2) is 9.18 Å². The largest absolute Gasteiger partial charge is 0.496 e. The third-order valence-corrected chi connectivity index (χ3v) is 6.10. The molecule has 0 fully saturated rings. The highest BCUT2D eigenvalue weighted by atomic mass is 19.1. The maximum Gasteiger partial charge on any atom is 0.338 e. The van der Waals surface area contributed by atoms with Crippen LogP contribution in [-0.2, 0) is 22.6 Å². The molecule has 0 saturated heterocycles. The number of hydrogen-bond acceptors (Lipinski definition) is 5. The lowest BCUT2D eigenvalue weighted by Gasteiger charge is -2.30. The van der Waals surface area contributed by atoms with Crippen molar-refractivity contribution in [1.82, 2.24) is 0 Å². The second kappa shape index (κ2) is 9.65. The molecule has 1 aliphatic heterocycles. The molecule has 2 unspecified atom stereocenters. The molecule has 3 aromatic rings. The Bertz CT molecular complexity index is 1210. The smallest absolute Gasteiger partial charge is 0.338 e. The summed E-state index contributed by atoms with van der Waals surface area (Å²) < 4.78 is 24.4. The van der Waals surface area contributed by atoms with Gasteiger partial charge in [0.05, 0.1) is 12.7 Å². The minimum absolute atomic E-state index is 0.0923. The number of ether oxygens (including phenoxy) is 2. The zero-order valence-corrected chi connectivity index (χ0v) is 19.0. The summed E-state index contributed by atoms with van der Waals surface area (Å²) in [4.78, 5) is 25.2. The van der Waals surface area contributed by atoms with Gasteiger partial charge in [-0.3, -0.25) is 4.79 Å². The van der Waals surface area contributed by atoms with Gasteiger partial charge in [-0.2, -0.15) is 0 Å². The molecule has 6 nitrogen and oxygen atoms in total. The Labute approximate surface area is 197 Å². The molecular weight excluding hydrogens is 437 g/mol. The first kappa shape index (κ1) is 23.4. The Morgan fingerprint density at radius 1 is 1.18 bits per heavy atom. The molecule has 0 saturated carbocycles. The minimum atomic E-state index is -1.87. The van der Waals surface area contributed by atoms with Gasteiger partial charge in [0.15, 0.2) is 0 Å². The maximum atomic E-state index is 14.0. The van der Waals surface area contributed by atoms with Crippen molar-refractivity contribution in [2.75, 3.05) is 12.4 Å². The number of nitrogens with one attached hydrogen (secondary N) is 1. The predicted molar refractivity (Wildman–Crippen MR) is 125 cm³/mol. The number of rotatable bonds is 8. The number of aliphatic hydroxyl groups is 1.